The number of benzene rings is 4. The molecule has 4 aromatic carbocycles. The fraction of sp³-hybridized carbons (Fsp3) is 0.226. The Balaban J connectivity index is 1.21. The SMILES string of the molecule is O=C1C[C@H](N2CCN(C(c3ccccc3)c3ccccc3)CC2)C(=O)N1c1cccc2ccccc12. The van der Waals surface area contributed by atoms with Gasteiger partial charge in [-0.1, -0.05) is 97.1 Å². The summed E-state index contributed by atoms with van der Waals surface area (Å²) in [5.74, 6) is -0.220. The van der Waals surface area contributed by atoms with Gasteiger partial charge in [-0.15, -0.1) is 0 Å². The van der Waals surface area contributed by atoms with Gasteiger partial charge in [-0.05, 0) is 22.6 Å². The fourth-order valence-electron chi connectivity index (χ4n) is 5.75. The van der Waals surface area contributed by atoms with Crippen LogP contribution in [0.1, 0.15) is 23.6 Å². The molecule has 6 rings (SSSR count). The van der Waals surface area contributed by atoms with Crippen LogP contribution in [0.15, 0.2) is 103 Å². The van der Waals surface area contributed by atoms with Crippen molar-refractivity contribution >= 4 is 28.3 Å². The summed E-state index contributed by atoms with van der Waals surface area (Å²) in [6.45, 7) is 3.17. The van der Waals surface area contributed by atoms with Gasteiger partial charge in [0.15, 0.2) is 0 Å². The van der Waals surface area contributed by atoms with Gasteiger partial charge in [0.25, 0.3) is 5.91 Å². The molecule has 0 N–H and O–H groups in total. The van der Waals surface area contributed by atoms with Crippen molar-refractivity contribution in [2.45, 2.75) is 18.5 Å². The van der Waals surface area contributed by atoms with Gasteiger partial charge in [-0.3, -0.25) is 19.4 Å². The Morgan fingerprint density at radius 3 is 1.89 bits per heavy atom. The predicted octanol–water partition coefficient (Wildman–Crippen LogP) is 4.88. The molecule has 2 amide bonds. The number of carbonyl (C=O) groups is 2. The summed E-state index contributed by atoms with van der Waals surface area (Å²) in [6, 6.07) is 34.7. The van der Waals surface area contributed by atoms with Crippen molar-refractivity contribution in [1.82, 2.24) is 9.80 Å². The smallest absolute Gasteiger partial charge is 0.251 e. The molecule has 0 aromatic heterocycles. The number of fused-ring (bicyclic) bond motifs is 1. The lowest BCUT2D eigenvalue weighted by atomic mass is 9.96. The van der Waals surface area contributed by atoms with E-state index < -0.39 is 6.04 Å². The molecule has 2 aliphatic rings. The minimum atomic E-state index is -0.398. The van der Waals surface area contributed by atoms with E-state index in [0.717, 1.165) is 37.0 Å². The molecule has 2 fully saturated rings. The highest BCUT2D eigenvalue weighted by Crippen LogP contribution is 2.34. The molecule has 2 saturated heterocycles. The second-order valence-electron chi connectivity index (χ2n) is 9.58. The summed E-state index contributed by atoms with van der Waals surface area (Å²) in [5.41, 5.74) is 3.23. The van der Waals surface area contributed by atoms with Gasteiger partial charge in [0.1, 0.15) is 0 Å². The molecule has 4 aromatic rings. The number of hydrogen-bond donors (Lipinski definition) is 0. The fourth-order valence-corrected chi connectivity index (χ4v) is 5.75. The molecule has 2 heterocycles. The lowest BCUT2D eigenvalue weighted by Crippen LogP contribution is -2.53. The van der Waals surface area contributed by atoms with E-state index in [-0.39, 0.29) is 24.3 Å². The molecule has 0 unspecified atom stereocenters. The molecular weight excluding hydrogens is 446 g/mol. The molecule has 1 atom stereocenters. The Hall–Kier alpha value is -3.80. The van der Waals surface area contributed by atoms with Crippen molar-refractivity contribution in [2.24, 2.45) is 0 Å². The van der Waals surface area contributed by atoms with Gasteiger partial charge in [0, 0.05) is 31.6 Å². The number of amides is 2. The maximum absolute atomic E-state index is 13.6. The Kier molecular flexibility index (Phi) is 6.09. The Labute approximate surface area is 211 Å². The number of imide groups is 1. The molecule has 5 heteroatoms. The van der Waals surface area contributed by atoms with Gasteiger partial charge in [0.05, 0.1) is 24.2 Å². The van der Waals surface area contributed by atoms with E-state index in [4.69, 9.17) is 0 Å². The van der Waals surface area contributed by atoms with Crippen LogP contribution in [0.5, 0.6) is 0 Å². The zero-order valence-electron chi connectivity index (χ0n) is 20.2. The summed E-state index contributed by atoms with van der Waals surface area (Å²) in [7, 11) is 0. The van der Waals surface area contributed by atoms with Crippen LogP contribution in [0.3, 0.4) is 0 Å². The van der Waals surface area contributed by atoms with E-state index in [0.29, 0.717) is 5.69 Å². The maximum atomic E-state index is 13.6. The zero-order chi connectivity index (χ0) is 24.5. The van der Waals surface area contributed by atoms with Gasteiger partial charge >= 0.3 is 0 Å². The van der Waals surface area contributed by atoms with E-state index in [9.17, 15) is 9.59 Å². The van der Waals surface area contributed by atoms with E-state index >= 15 is 0 Å². The van der Waals surface area contributed by atoms with Crippen molar-refractivity contribution in [3.63, 3.8) is 0 Å². The highest BCUT2D eigenvalue weighted by molar-refractivity contribution is 6.25. The molecule has 0 saturated carbocycles. The minimum Gasteiger partial charge on any atom is -0.290 e. The predicted molar refractivity (Wildman–Crippen MR) is 143 cm³/mol. The first kappa shape index (κ1) is 22.7. The number of anilines is 1. The van der Waals surface area contributed by atoms with E-state index in [2.05, 4.69) is 58.3 Å². The first-order valence-corrected chi connectivity index (χ1v) is 12.6. The van der Waals surface area contributed by atoms with Gasteiger partial charge in [-0.2, -0.15) is 0 Å². The summed E-state index contributed by atoms with van der Waals surface area (Å²) in [4.78, 5) is 32.8. The monoisotopic (exact) mass is 475 g/mol. The third-order valence-electron chi connectivity index (χ3n) is 7.52. The molecule has 0 bridgehead atoms. The van der Waals surface area contributed by atoms with E-state index in [1.165, 1.54) is 16.0 Å². The van der Waals surface area contributed by atoms with Crippen molar-refractivity contribution < 1.29 is 9.59 Å². The largest absolute Gasteiger partial charge is 0.290 e. The minimum absolute atomic E-state index is 0.104. The topological polar surface area (TPSA) is 43.9 Å². The first-order valence-electron chi connectivity index (χ1n) is 12.6. The molecule has 2 aliphatic heterocycles. The number of piperazine rings is 1. The summed E-state index contributed by atoms with van der Waals surface area (Å²) in [6.07, 6.45) is 0.239. The van der Waals surface area contributed by atoms with Crippen molar-refractivity contribution in [3.05, 3.63) is 114 Å². The molecule has 0 radical (unpaired) electrons. The van der Waals surface area contributed by atoms with Crippen LogP contribution in [0.2, 0.25) is 0 Å². The number of nitrogens with zero attached hydrogens (tertiary/aromatic N) is 3. The highest BCUT2D eigenvalue weighted by atomic mass is 16.2. The van der Waals surface area contributed by atoms with Crippen LogP contribution < -0.4 is 4.90 Å². The zero-order valence-corrected chi connectivity index (χ0v) is 20.2. The second-order valence-corrected chi connectivity index (χ2v) is 9.58. The summed E-state index contributed by atoms with van der Waals surface area (Å²) < 4.78 is 0. The first-order chi connectivity index (χ1) is 17.7. The van der Waals surface area contributed by atoms with Crippen LogP contribution >= 0.6 is 0 Å². The highest BCUT2D eigenvalue weighted by Gasteiger charge is 2.44. The standard InChI is InChI=1S/C31H29N3O2/c35-29-22-28(31(36)34(29)27-17-9-15-23-10-7-8-16-26(23)27)32-18-20-33(21-19-32)30(24-11-3-1-4-12-24)25-13-5-2-6-14-25/h1-17,28,30H,18-22H2/t28-/m0/s1. The normalized spacial score (nSPS) is 19.5. The van der Waals surface area contributed by atoms with Crippen molar-refractivity contribution in [1.29, 1.82) is 0 Å². The molecule has 36 heavy (non-hydrogen) atoms. The molecule has 180 valence electrons. The quantitative estimate of drug-likeness (QED) is 0.386. The Morgan fingerprint density at radius 2 is 1.22 bits per heavy atom. The summed E-state index contributed by atoms with van der Waals surface area (Å²) >= 11 is 0. The average molecular weight is 476 g/mol. The van der Waals surface area contributed by atoms with E-state index in [1.54, 1.807) is 0 Å². The lowest BCUT2D eigenvalue weighted by molar-refractivity contribution is -0.123. The van der Waals surface area contributed by atoms with Crippen LogP contribution in [0.25, 0.3) is 10.8 Å². The van der Waals surface area contributed by atoms with Crippen molar-refractivity contribution in [3.8, 4) is 0 Å². The van der Waals surface area contributed by atoms with Crippen LogP contribution in [0, 0.1) is 0 Å². The Morgan fingerprint density at radius 1 is 0.639 bits per heavy atom. The van der Waals surface area contributed by atoms with Gasteiger partial charge in [-0.25, -0.2) is 4.90 Å². The van der Waals surface area contributed by atoms with Crippen LogP contribution in [-0.2, 0) is 9.59 Å². The third kappa shape index (κ3) is 4.11. The van der Waals surface area contributed by atoms with Crippen LogP contribution in [0.4, 0.5) is 5.69 Å². The molecule has 0 spiro atoms. The molecule has 5 nitrogen and oxygen atoms in total. The number of hydrogen-bond acceptors (Lipinski definition) is 4. The Bertz CT molecular complexity index is 1340. The second kappa shape index (κ2) is 9.69. The maximum Gasteiger partial charge on any atom is 0.251 e. The van der Waals surface area contributed by atoms with Gasteiger partial charge in [0.2, 0.25) is 5.91 Å². The van der Waals surface area contributed by atoms with Crippen molar-refractivity contribution in [2.75, 3.05) is 31.1 Å². The summed E-state index contributed by atoms with van der Waals surface area (Å²) in [5, 5.41) is 1.96. The molecular formula is C31H29N3O2. The average Bonchev–Trinajstić information content (AvgIpc) is 3.23. The van der Waals surface area contributed by atoms with Gasteiger partial charge < -0.3 is 0 Å². The van der Waals surface area contributed by atoms with E-state index in [1.807, 2.05) is 54.6 Å². The third-order valence-corrected chi connectivity index (χ3v) is 7.52. The molecule has 0 aliphatic carbocycles. The number of carbonyl (C=O) groups excluding carboxylic acids is 2. The van der Waals surface area contributed by atoms with Crippen LogP contribution in [-0.4, -0.2) is 53.8 Å². The number of rotatable bonds is 5. The lowest BCUT2D eigenvalue weighted by Gasteiger charge is -2.41.